The van der Waals surface area contributed by atoms with Crippen LogP contribution in [0, 0.1) is 0 Å². The summed E-state index contributed by atoms with van der Waals surface area (Å²) in [7, 11) is 0. The van der Waals surface area contributed by atoms with E-state index in [0.29, 0.717) is 6.04 Å². The minimum Gasteiger partial charge on any atom is -0.380 e. The smallest absolute Gasteiger partial charge is 0.0669 e. The second kappa shape index (κ2) is 6.98. The van der Waals surface area contributed by atoms with Gasteiger partial charge in [-0.1, -0.05) is 13.0 Å². The molecule has 0 aliphatic rings. The Morgan fingerprint density at radius 1 is 1.50 bits per heavy atom. The highest BCUT2D eigenvalue weighted by Crippen LogP contribution is 2.19. The van der Waals surface area contributed by atoms with Crippen molar-refractivity contribution < 1.29 is 4.74 Å². The first-order chi connectivity index (χ1) is 6.88. The number of nitrogens with one attached hydrogen (secondary N) is 1. The average Bonchev–Trinajstić information content (AvgIpc) is 2.71. The maximum Gasteiger partial charge on any atom is 0.0669 e. The standard InChI is InChI=1S/C11H19NOS/c1-3-7-12-10(9-13-4-2)11-6-5-8-14-11/h5-6,8,10,12H,3-4,7,9H2,1-2H3. The molecule has 0 aliphatic heterocycles. The molecule has 3 heteroatoms. The van der Waals surface area contributed by atoms with Gasteiger partial charge in [-0.05, 0) is 31.3 Å². The summed E-state index contributed by atoms with van der Waals surface area (Å²) in [6, 6.07) is 4.62. The fourth-order valence-corrected chi connectivity index (χ4v) is 2.07. The molecule has 0 saturated carbocycles. The van der Waals surface area contributed by atoms with Crippen LogP contribution in [0.2, 0.25) is 0 Å². The molecule has 0 spiro atoms. The lowest BCUT2D eigenvalue weighted by molar-refractivity contribution is 0.124. The lowest BCUT2D eigenvalue weighted by atomic mass is 10.2. The summed E-state index contributed by atoms with van der Waals surface area (Å²) < 4.78 is 5.46. The molecule has 1 rings (SSSR count). The molecular formula is C11H19NOS. The van der Waals surface area contributed by atoms with Gasteiger partial charge in [0.1, 0.15) is 0 Å². The summed E-state index contributed by atoms with van der Waals surface area (Å²) >= 11 is 1.79. The molecule has 0 bridgehead atoms. The van der Waals surface area contributed by atoms with Crippen LogP contribution >= 0.6 is 11.3 Å². The minimum atomic E-state index is 0.370. The van der Waals surface area contributed by atoms with Crippen LogP contribution < -0.4 is 5.32 Å². The van der Waals surface area contributed by atoms with Crippen LogP contribution in [0.1, 0.15) is 31.2 Å². The van der Waals surface area contributed by atoms with E-state index < -0.39 is 0 Å². The zero-order chi connectivity index (χ0) is 10.2. The molecule has 1 heterocycles. The van der Waals surface area contributed by atoms with E-state index in [1.54, 1.807) is 11.3 Å². The van der Waals surface area contributed by atoms with Crippen LogP contribution in [0.4, 0.5) is 0 Å². The van der Waals surface area contributed by atoms with Crippen LogP contribution in [0.25, 0.3) is 0 Å². The third-order valence-corrected chi connectivity index (χ3v) is 3.00. The zero-order valence-electron chi connectivity index (χ0n) is 8.95. The molecule has 2 nitrogen and oxygen atoms in total. The molecule has 0 saturated heterocycles. The van der Waals surface area contributed by atoms with Crippen molar-refractivity contribution in [1.82, 2.24) is 5.32 Å². The van der Waals surface area contributed by atoms with E-state index in [2.05, 4.69) is 29.8 Å². The van der Waals surface area contributed by atoms with Crippen LogP contribution in [0.15, 0.2) is 17.5 Å². The molecule has 1 aromatic heterocycles. The van der Waals surface area contributed by atoms with Gasteiger partial charge in [0.25, 0.3) is 0 Å². The Labute approximate surface area is 90.3 Å². The average molecular weight is 213 g/mol. The van der Waals surface area contributed by atoms with Crippen LogP contribution in [-0.4, -0.2) is 19.8 Å². The van der Waals surface area contributed by atoms with E-state index in [1.165, 1.54) is 4.88 Å². The molecule has 1 unspecified atom stereocenters. The Balaban J connectivity index is 2.44. The van der Waals surface area contributed by atoms with Crippen molar-refractivity contribution in [3.8, 4) is 0 Å². The second-order valence-electron chi connectivity index (χ2n) is 3.18. The maximum absolute atomic E-state index is 5.46. The van der Waals surface area contributed by atoms with Crippen LogP contribution in [0.5, 0.6) is 0 Å². The van der Waals surface area contributed by atoms with Crippen molar-refractivity contribution in [2.75, 3.05) is 19.8 Å². The highest BCUT2D eigenvalue weighted by molar-refractivity contribution is 7.10. The fraction of sp³-hybridized carbons (Fsp3) is 0.636. The van der Waals surface area contributed by atoms with Crippen molar-refractivity contribution in [3.05, 3.63) is 22.4 Å². The lowest BCUT2D eigenvalue weighted by Crippen LogP contribution is -2.25. The molecule has 0 amide bonds. The van der Waals surface area contributed by atoms with Crippen molar-refractivity contribution in [3.63, 3.8) is 0 Å². The van der Waals surface area contributed by atoms with Gasteiger partial charge in [0, 0.05) is 11.5 Å². The van der Waals surface area contributed by atoms with Gasteiger partial charge in [0.05, 0.1) is 12.6 Å². The van der Waals surface area contributed by atoms with Gasteiger partial charge in [-0.2, -0.15) is 0 Å². The molecule has 0 aromatic carbocycles. The third-order valence-electron chi connectivity index (χ3n) is 2.02. The van der Waals surface area contributed by atoms with Crippen molar-refractivity contribution in [2.24, 2.45) is 0 Å². The number of ether oxygens (including phenoxy) is 1. The van der Waals surface area contributed by atoms with Crippen molar-refractivity contribution in [1.29, 1.82) is 0 Å². The molecule has 0 fully saturated rings. The summed E-state index contributed by atoms with van der Waals surface area (Å²) in [4.78, 5) is 1.37. The second-order valence-corrected chi connectivity index (χ2v) is 4.16. The summed E-state index contributed by atoms with van der Waals surface area (Å²) in [6.07, 6.45) is 1.16. The summed E-state index contributed by atoms with van der Waals surface area (Å²) in [5, 5.41) is 5.61. The molecule has 14 heavy (non-hydrogen) atoms. The van der Waals surface area contributed by atoms with E-state index in [9.17, 15) is 0 Å². The van der Waals surface area contributed by atoms with E-state index >= 15 is 0 Å². The molecular weight excluding hydrogens is 194 g/mol. The van der Waals surface area contributed by atoms with E-state index in [-0.39, 0.29) is 0 Å². The molecule has 0 radical (unpaired) electrons. The first-order valence-corrected chi connectivity index (χ1v) is 6.11. The number of thiophene rings is 1. The number of hydrogen-bond donors (Lipinski definition) is 1. The zero-order valence-corrected chi connectivity index (χ0v) is 9.77. The van der Waals surface area contributed by atoms with Gasteiger partial charge in [-0.3, -0.25) is 0 Å². The predicted molar refractivity (Wildman–Crippen MR) is 61.8 cm³/mol. The lowest BCUT2D eigenvalue weighted by Gasteiger charge is -2.16. The van der Waals surface area contributed by atoms with Gasteiger partial charge in [0.2, 0.25) is 0 Å². The molecule has 80 valence electrons. The Hall–Kier alpha value is -0.380. The van der Waals surface area contributed by atoms with Gasteiger partial charge in [0.15, 0.2) is 0 Å². The first-order valence-electron chi connectivity index (χ1n) is 5.23. The highest BCUT2D eigenvalue weighted by atomic mass is 32.1. The Bertz CT molecular complexity index is 215. The molecule has 1 N–H and O–H groups in total. The normalized spacial score (nSPS) is 13.0. The fourth-order valence-electron chi connectivity index (χ4n) is 1.29. The third kappa shape index (κ3) is 3.78. The minimum absolute atomic E-state index is 0.370. The van der Waals surface area contributed by atoms with E-state index in [1.807, 2.05) is 6.92 Å². The molecule has 1 aromatic rings. The summed E-state index contributed by atoms with van der Waals surface area (Å²) in [5.74, 6) is 0. The van der Waals surface area contributed by atoms with Gasteiger partial charge < -0.3 is 10.1 Å². The highest BCUT2D eigenvalue weighted by Gasteiger charge is 2.10. The van der Waals surface area contributed by atoms with Gasteiger partial charge >= 0.3 is 0 Å². The molecule has 0 aliphatic carbocycles. The first kappa shape index (κ1) is 11.7. The van der Waals surface area contributed by atoms with Crippen molar-refractivity contribution in [2.45, 2.75) is 26.3 Å². The Morgan fingerprint density at radius 3 is 2.93 bits per heavy atom. The summed E-state index contributed by atoms with van der Waals surface area (Å²) in [5.41, 5.74) is 0. The van der Waals surface area contributed by atoms with Crippen LogP contribution in [-0.2, 0) is 4.74 Å². The topological polar surface area (TPSA) is 21.3 Å². The Morgan fingerprint density at radius 2 is 2.36 bits per heavy atom. The van der Waals surface area contributed by atoms with E-state index in [0.717, 1.165) is 26.2 Å². The Kier molecular flexibility index (Phi) is 5.83. The predicted octanol–water partition coefficient (Wildman–Crippen LogP) is 2.83. The van der Waals surface area contributed by atoms with Crippen molar-refractivity contribution >= 4 is 11.3 Å². The number of rotatable bonds is 7. The van der Waals surface area contributed by atoms with E-state index in [4.69, 9.17) is 4.74 Å². The van der Waals surface area contributed by atoms with Gasteiger partial charge in [-0.25, -0.2) is 0 Å². The maximum atomic E-state index is 5.46. The largest absolute Gasteiger partial charge is 0.380 e. The number of hydrogen-bond acceptors (Lipinski definition) is 3. The monoisotopic (exact) mass is 213 g/mol. The quantitative estimate of drug-likeness (QED) is 0.752. The SMILES string of the molecule is CCCNC(COCC)c1cccs1. The summed E-state index contributed by atoms with van der Waals surface area (Å²) in [6.45, 7) is 6.83. The van der Waals surface area contributed by atoms with Gasteiger partial charge in [-0.15, -0.1) is 11.3 Å². The molecule has 1 atom stereocenters. The van der Waals surface area contributed by atoms with Crippen LogP contribution in [0.3, 0.4) is 0 Å².